The van der Waals surface area contributed by atoms with Gasteiger partial charge in [-0.05, 0) is 29.8 Å². The van der Waals surface area contributed by atoms with Crippen LogP contribution in [-0.4, -0.2) is 8.42 Å². The van der Waals surface area contributed by atoms with Crippen LogP contribution < -0.4 is 0 Å². The molecule has 0 heterocycles. The van der Waals surface area contributed by atoms with Crippen LogP contribution in [-0.2, 0) is 15.6 Å². The number of halogens is 2. The van der Waals surface area contributed by atoms with Gasteiger partial charge in [-0.25, -0.2) is 8.42 Å². The van der Waals surface area contributed by atoms with Crippen molar-refractivity contribution in [2.75, 3.05) is 0 Å². The first-order valence-electron chi connectivity index (χ1n) is 5.60. The summed E-state index contributed by atoms with van der Waals surface area (Å²) < 4.78 is 24.6. The molecule has 2 aromatic carbocycles. The molecule has 0 aromatic heterocycles. The molecule has 20 heavy (non-hydrogen) atoms. The maximum Gasteiger partial charge on any atom is 0.184 e. The zero-order chi connectivity index (χ0) is 14.8. The van der Waals surface area contributed by atoms with Crippen LogP contribution in [0.15, 0.2) is 47.4 Å². The van der Waals surface area contributed by atoms with Gasteiger partial charge in [0.15, 0.2) is 9.84 Å². The third kappa shape index (κ3) is 3.13. The van der Waals surface area contributed by atoms with Crippen LogP contribution in [0.4, 0.5) is 0 Å². The molecular weight excluding hydrogens is 317 g/mol. The second-order valence-electron chi connectivity index (χ2n) is 4.11. The molecule has 0 saturated heterocycles. The highest BCUT2D eigenvalue weighted by atomic mass is 35.5. The van der Waals surface area contributed by atoms with Crippen LogP contribution in [0.2, 0.25) is 10.0 Å². The Hall–Kier alpha value is -1.54. The summed E-state index contributed by atoms with van der Waals surface area (Å²) >= 11 is 11.9. The highest BCUT2D eigenvalue weighted by molar-refractivity contribution is 7.90. The largest absolute Gasteiger partial charge is 0.223 e. The number of hydrogen-bond acceptors (Lipinski definition) is 3. The molecule has 0 atom stereocenters. The van der Waals surface area contributed by atoms with Crippen LogP contribution in [0.5, 0.6) is 0 Å². The lowest BCUT2D eigenvalue weighted by molar-refractivity contribution is 0.595. The second kappa shape index (κ2) is 5.84. The van der Waals surface area contributed by atoms with E-state index in [9.17, 15) is 8.42 Å². The van der Waals surface area contributed by atoms with Gasteiger partial charge >= 0.3 is 0 Å². The van der Waals surface area contributed by atoms with Crippen LogP contribution in [0.25, 0.3) is 0 Å². The molecule has 0 aliphatic carbocycles. The third-order valence-corrected chi connectivity index (χ3v) is 5.21. The molecule has 2 aromatic rings. The monoisotopic (exact) mass is 325 g/mol. The molecule has 2 rings (SSSR count). The molecular formula is C14H9Cl2NO2S. The van der Waals surface area contributed by atoms with Crippen molar-refractivity contribution in [3.05, 3.63) is 63.6 Å². The molecule has 0 saturated carbocycles. The number of hydrogen-bond donors (Lipinski definition) is 0. The average Bonchev–Trinajstić information content (AvgIpc) is 2.41. The van der Waals surface area contributed by atoms with Gasteiger partial charge in [0.25, 0.3) is 0 Å². The van der Waals surface area contributed by atoms with Gasteiger partial charge in [0.05, 0.1) is 27.3 Å². The normalized spacial score (nSPS) is 11.1. The first-order chi connectivity index (χ1) is 9.44. The SMILES string of the molecule is N#Cc1ccc(CS(=O)(=O)c2ccccc2Cl)c(Cl)c1. The van der Waals surface area contributed by atoms with Crippen LogP contribution in [0.3, 0.4) is 0 Å². The lowest BCUT2D eigenvalue weighted by Gasteiger charge is -2.08. The summed E-state index contributed by atoms with van der Waals surface area (Å²) in [7, 11) is -3.59. The molecule has 0 unspecified atom stereocenters. The number of benzene rings is 2. The minimum Gasteiger partial charge on any atom is -0.223 e. The molecule has 0 N–H and O–H groups in total. The molecule has 3 nitrogen and oxygen atoms in total. The van der Waals surface area contributed by atoms with Gasteiger partial charge in [0.1, 0.15) is 0 Å². The zero-order valence-electron chi connectivity index (χ0n) is 10.2. The third-order valence-electron chi connectivity index (χ3n) is 2.70. The topological polar surface area (TPSA) is 57.9 Å². The van der Waals surface area contributed by atoms with E-state index in [0.29, 0.717) is 11.1 Å². The lowest BCUT2D eigenvalue weighted by Crippen LogP contribution is -2.06. The van der Waals surface area contributed by atoms with Crippen molar-refractivity contribution in [2.45, 2.75) is 10.6 Å². The lowest BCUT2D eigenvalue weighted by atomic mass is 10.2. The first kappa shape index (κ1) is 14.9. The maximum absolute atomic E-state index is 12.3. The fourth-order valence-electron chi connectivity index (χ4n) is 1.71. The van der Waals surface area contributed by atoms with E-state index in [0.717, 1.165) is 0 Å². The molecule has 0 fully saturated rings. The van der Waals surface area contributed by atoms with Gasteiger partial charge in [0, 0.05) is 5.02 Å². The summed E-state index contributed by atoms with van der Waals surface area (Å²) in [5, 5.41) is 9.18. The van der Waals surface area contributed by atoms with Crippen LogP contribution in [0.1, 0.15) is 11.1 Å². The number of nitriles is 1. The summed E-state index contributed by atoms with van der Waals surface area (Å²) in [6.07, 6.45) is 0. The van der Waals surface area contributed by atoms with Crippen molar-refractivity contribution >= 4 is 33.0 Å². The predicted molar refractivity (Wildman–Crippen MR) is 78.5 cm³/mol. The van der Waals surface area contributed by atoms with E-state index in [1.165, 1.54) is 30.3 Å². The van der Waals surface area contributed by atoms with Gasteiger partial charge in [-0.3, -0.25) is 0 Å². The zero-order valence-corrected chi connectivity index (χ0v) is 12.5. The van der Waals surface area contributed by atoms with Gasteiger partial charge in [-0.15, -0.1) is 0 Å². The fraction of sp³-hybridized carbons (Fsp3) is 0.0714. The summed E-state index contributed by atoms with van der Waals surface area (Å²) in [5.74, 6) is -0.263. The molecule has 0 spiro atoms. The minimum atomic E-state index is -3.59. The van der Waals surface area contributed by atoms with Crippen LogP contribution >= 0.6 is 23.2 Å². The van der Waals surface area contributed by atoms with E-state index in [-0.39, 0.29) is 20.7 Å². The number of rotatable bonds is 3. The van der Waals surface area contributed by atoms with Gasteiger partial charge in [-0.2, -0.15) is 5.26 Å². The summed E-state index contributed by atoms with van der Waals surface area (Å²) in [4.78, 5) is 0.0714. The molecule has 0 aliphatic heterocycles. The molecule has 0 bridgehead atoms. The highest BCUT2D eigenvalue weighted by Gasteiger charge is 2.19. The van der Waals surface area contributed by atoms with Crippen molar-refractivity contribution < 1.29 is 8.42 Å². The average molecular weight is 326 g/mol. The maximum atomic E-state index is 12.3. The Morgan fingerprint density at radius 3 is 2.35 bits per heavy atom. The molecule has 102 valence electrons. The molecule has 0 aliphatic rings. The number of sulfone groups is 1. The van der Waals surface area contributed by atoms with Crippen molar-refractivity contribution in [1.29, 1.82) is 5.26 Å². The summed E-state index contributed by atoms with van der Waals surface area (Å²) in [6.45, 7) is 0. The standard InChI is InChI=1S/C14H9Cl2NO2S/c15-12-3-1-2-4-14(12)20(18,19)9-11-6-5-10(8-17)7-13(11)16/h1-7H,9H2. The Balaban J connectivity index is 2.40. The van der Waals surface area contributed by atoms with E-state index in [1.807, 2.05) is 6.07 Å². The summed E-state index contributed by atoms with van der Waals surface area (Å²) in [6, 6.07) is 12.7. The quantitative estimate of drug-likeness (QED) is 0.861. The van der Waals surface area contributed by atoms with Crippen molar-refractivity contribution in [3.63, 3.8) is 0 Å². The second-order valence-corrected chi connectivity index (χ2v) is 6.88. The Kier molecular flexibility index (Phi) is 4.34. The molecule has 0 amide bonds. The van der Waals surface area contributed by atoms with Crippen molar-refractivity contribution in [1.82, 2.24) is 0 Å². The Morgan fingerprint density at radius 1 is 1.05 bits per heavy atom. The Bertz CT molecular complexity index is 795. The Morgan fingerprint density at radius 2 is 1.75 bits per heavy atom. The van der Waals surface area contributed by atoms with Gasteiger partial charge in [0.2, 0.25) is 0 Å². The summed E-state index contributed by atoms with van der Waals surface area (Å²) in [5.41, 5.74) is 0.819. The van der Waals surface area contributed by atoms with E-state index in [4.69, 9.17) is 28.5 Å². The Labute approximate surface area is 127 Å². The van der Waals surface area contributed by atoms with Crippen molar-refractivity contribution in [2.24, 2.45) is 0 Å². The van der Waals surface area contributed by atoms with Gasteiger partial charge in [-0.1, -0.05) is 41.4 Å². The fourth-order valence-corrected chi connectivity index (χ4v) is 4.00. The van der Waals surface area contributed by atoms with Crippen molar-refractivity contribution in [3.8, 4) is 6.07 Å². The van der Waals surface area contributed by atoms with E-state index in [1.54, 1.807) is 12.1 Å². The van der Waals surface area contributed by atoms with E-state index >= 15 is 0 Å². The first-order valence-corrected chi connectivity index (χ1v) is 8.00. The van der Waals surface area contributed by atoms with E-state index in [2.05, 4.69) is 0 Å². The van der Waals surface area contributed by atoms with Gasteiger partial charge < -0.3 is 0 Å². The van der Waals surface area contributed by atoms with Crippen LogP contribution in [0, 0.1) is 11.3 Å². The predicted octanol–water partition coefficient (Wildman–Crippen LogP) is 3.84. The minimum absolute atomic E-state index is 0.0714. The van der Waals surface area contributed by atoms with E-state index < -0.39 is 9.84 Å². The molecule has 0 radical (unpaired) electrons. The molecule has 6 heteroatoms. The smallest absolute Gasteiger partial charge is 0.184 e. The highest BCUT2D eigenvalue weighted by Crippen LogP contribution is 2.27. The number of nitrogens with zero attached hydrogens (tertiary/aromatic N) is 1.